The van der Waals surface area contributed by atoms with Crippen molar-refractivity contribution in [3.05, 3.63) is 29.8 Å². The Morgan fingerprint density at radius 1 is 1.24 bits per heavy atom. The van der Waals surface area contributed by atoms with Crippen LogP contribution in [0.15, 0.2) is 24.3 Å². The molecule has 1 saturated heterocycles. The Morgan fingerprint density at radius 2 is 1.96 bits per heavy atom. The highest BCUT2D eigenvalue weighted by Crippen LogP contribution is 2.17. The van der Waals surface area contributed by atoms with Gasteiger partial charge in [0.1, 0.15) is 0 Å². The van der Waals surface area contributed by atoms with Crippen LogP contribution >= 0.6 is 0 Å². The number of likely N-dealkylation sites (tertiary alicyclic amines) is 1. The first-order valence-corrected chi connectivity index (χ1v) is 8.45. The number of hydrogen-bond acceptors (Lipinski definition) is 4. The van der Waals surface area contributed by atoms with E-state index in [0.717, 1.165) is 12.8 Å². The largest absolute Gasteiger partial charge is 0.384 e. The van der Waals surface area contributed by atoms with Crippen molar-refractivity contribution in [2.24, 2.45) is 0 Å². The van der Waals surface area contributed by atoms with Gasteiger partial charge in [-0.25, -0.2) is 0 Å². The van der Waals surface area contributed by atoms with Crippen LogP contribution in [0, 0.1) is 0 Å². The Kier molecular flexibility index (Phi) is 6.94. The molecule has 1 aromatic rings. The zero-order valence-corrected chi connectivity index (χ0v) is 14.7. The topological polar surface area (TPSA) is 87.7 Å². The predicted molar refractivity (Wildman–Crippen MR) is 94.3 cm³/mol. The smallest absolute Gasteiger partial charge is 0.253 e. The third kappa shape index (κ3) is 5.86. The van der Waals surface area contributed by atoms with Gasteiger partial charge in [0.15, 0.2) is 0 Å². The van der Waals surface area contributed by atoms with Crippen LogP contribution in [-0.2, 0) is 14.3 Å². The van der Waals surface area contributed by atoms with E-state index in [9.17, 15) is 14.4 Å². The number of amides is 3. The lowest BCUT2D eigenvalue weighted by Crippen LogP contribution is -2.46. The molecule has 1 aliphatic heterocycles. The number of carbonyl (C=O) groups excluding carboxylic acids is 3. The fraction of sp³-hybridized carbons (Fsp3) is 0.500. The normalized spacial score (nSPS) is 14.9. The van der Waals surface area contributed by atoms with Crippen LogP contribution in [-0.4, -0.2) is 55.5 Å². The lowest BCUT2D eigenvalue weighted by Gasteiger charge is -2.32. The average molecular weight is 347 g/mol. The van der Waals surface area contributed by atoms with E-state index in [4.69, 9.17) is 4.74 Å². The molecule has 0 unspecified atom stereocenters. The molecule has 1 aromatic carbocycles. The summed E-state index contributed by atoms with van der Waals surface area (Å²) in [6.45, 7) is 3.03. The first kappa shape index (κ1) is 18.9. The summed E-state index contributed by atoms with van der Waals surface area (Å²) >= 11 is 0. The van der Waals surface area contributed by atoms with Crippen molar-refractivity contribution in [1.82, 2.24) is 10.2 Å². The minimum Gasteiger partial charge on any atom is -0.384 e. The lowest BCUT2D eigenvalue weighted by atomic mass is 10.0. The summed E-state index contributed by atoms with van der Waals surface area (Å²) in [6, 6.07) is 7.02. The molecule has 2 N–H and O–H groups in total. The second-order valence-corrected chi connectivity index (χ2v) is 6.14. The minimum absolute atomic E-state index is 0.0189. The lowest BCUT2D eigenvalue weighted by molar-refractivity contribution is -0.123. The average Bonchev–Trinajstić information content (AvgIpc) is 2.59. The number of ether oxygens (including phenoxy) is 1. The summed E-state index contributed by atoms with van der Waals surface area (Å²) in [5.41, 5.74) is 1.16. The van der Waals surface area contributed by atoms with Gasteiger partial charge in [0.25, 0.3) is 5.91 Å². The highest BCUT2D eigenvalue weighted by atomic mass is 16.5. The summed E-state index contributed by atoms with van der Waals surface area (Å²) < 4.78 is 4.89. The number of benzene rings is 1. The summed E-state index contributed by atoms with van der Waals surface area (Å²) in [5.74, 6) is -0.249. The standard InChI is InChI=1S/C18H25N3O4/c1-13(22)19-16-5-3-4-14(12-16)18(24)21-9-6-15(7-10-21)20-17(23)8-11-25-2/h3-5,12,15H,6-11H2,1-2H3,(H,19,22)(H,20,23). The quantitative estimate of drug-likeness (QED) is 0.814. The third-order valence-corrected chi connectivity index (χ3v) is 4.11. The van der Waals surface area contributed by atoms with Crippen LogP contribution in [0.5, 0.6) is 0 Å². The summed E-state index contributed by atoms with van der Waals surface area (Å²) in [5, 5.41) is 5.66. The second-order valence-electron chi connectivity index (χ2n) is 6.14. The van der Waals surface area contributed by atoms with Crippen LogP contribution in [0.3, 0.4) is 0 Å². The van der Waals surface area contributed by atoms with Crippen molar-refractivity contribution in [3.8, 4) is 0 Å². The number of piperidine rings is 1. The molecule has 25 heavy (non-hydrogen) atoms. The van der Waals surface area contributed by atoms with E-state index in [0.29, 0.717) is 37.4 Å². The van der Waals surface area contributed by atoms with E-state index in [1.807, 2.05) is 0 Å². The molecular weight excluding hydrogens is 322 g/mol. The molecule has 7 nitrogen and oxygen atoms in total. The van der Waals surface area contributed by atoms with Crippen molar-refractivity contribution >= 4 is 23.4 Å². The van der Waals surface area contributed by atoms with Crippen LogP contribution in [0.25, 0.3) is 0 Å². The van der Waals surface area contributed by atoms with Gasteiger partial charge in [0.05, 0.1) is 6.61 Å². The Morgan fingerprint density at radius 3 is 2.60 bits per heavy atom. The number of hydrogen-bond donors (Lipinski definition) is 2. The first-order valence-electron chi connectivity index (χ1n) is 8.45. The maximum absolute atomic E-state index is 12.6. The zero-order chi connectivity index (χ0) is 18.2. The van der Waals surface area contributed by atoms with Gasteiger partial charge in [-0.05, 0) is 31.0 Å². The van der Waals surface area contributed by atoms with Gasteiger partial charge in [-0.15, -0.1) is 0 Å². The molecule has 0 aromatic heterocycles. The van der Waals surface area contributed by atoms with Crippen molar-refractivity contribution in [2.75, 3.05) is 32.1 Å². The van der Waals surface area contributed by atoms with E-state index in [1.165, 1.54) is 6.92 Å². The SMILES string of the molecule is COCCC(=O)NC1CCN(C(=O)c2cccc(NC(C)=O)c2)CC1. The molecular formula is C18H25N3O4. The van der Waals surface area contributed by atoms with Crippen LogP contribution in [0.2, 0.25) is 0 Å². The van der Waals surface area contributed by atoms with Crippen LogP contribution < -0.4 is 10.6 Å². The molecule has 1 aliphatic rings. The van der Waals surface area contributed by atoms with Gasteiger partial charge in [0, 0.05) is 50.8 Å². The molecule has 136 valence electrons. The summed E-state index contributed by atoms with van der Waals surface area (Å²) in [6.07, 6.45) is 1.82. The number of methoxy groups -OCH3 is 1. The highest BCUT2D eigenvalue weighted by molar-refractivity contribution is 5.96. The Labute approximate surface area is 147 Å². The second kappa shape index (κ2) is 9.17. The van der Waals surface area contributed by atoms with Crippen LogP contribution in [0.4, 0.5) is 5.69 Å². The molecule has 7 heteroatoms. The van der Waals surface area contributed by atoms with Crippen LogP contribution in [0.1, 0.15) is 36.5 Å². The molecule has 1 fully saturated rings. The van der Waals surface area contributed by atoms with Crippen molar-refractivity contribution in [3.63, 3.8) is 0 Å². The number of rotatable bonds is 6. The van der Waals surface area contributed by atoms with E-state index < -0.39 is 0 Å². The monoisotopic (exact) mass is 347 g/mol. The maximum atomic E-state index is 12.6. The number of nitrogens with one attached hydrogen (secondary N) is 2. The number of anilines is 1. The van der Waals surface area contributed by atoms with Gasteiger partial charge < -0.3 is 20.3 Å². The van der Waals surface area contributed by atoms with Crippen molar-refractivity contribution in [1.29, 1.82) is 0 Å². The third-order valence-electron chi connectivity index (χ3n) is 4.11. The van der Waals surface area contributed by atoms with E-state index in [1.54, 1.807) is 36.3 Å². The summed E-state index contributed by atoms with van der Waals surface area (Å²) in [4.78, 5) is 37.3. The molecule has 0 saturated carbocycles. The molecule has 0 aliphatic carbocycles. The van der Waals surface area contributed by atoms with E-state index >= 15 is 0 Å². The molecule has 0 radical (unpaired) electrons. The van der Waals surface area contributed by atoms with E-state index in [2.05, 4.69) is 10.6 Å². The molecule has 1 heterocycles. The summed E-state index contributed by atoms with van der Waals surface area (Å²) in [7, 11) is 1.57. The molecule has 0 atom stereocenters. The Hall–Kier alpha value is -2.41. The van der Waals surface area contributed by atoms with E-state index in [-0.39, 0.29) is 23.8 Å². The van der Waals surface area contributed by atoms with Gasteiger partial charge in [-0.3, -0.25) is 14.4 Å². The predicted octanol–water partition coefficient (Wildman–Crippen LogP) is 1.40. The molecule has 3 amide bonds. The molecule has 0 spiro atoms. The number of nitrogens with zero attached hydrogens (tertiary/aromatic N) is 1. The van der Waals surface area contributed by atoms with Crippen molar-refractivity contribution < 1.29 is 19.1 Å². The van der Waals surface area contributed by atoms with Gasteiger partial charge in [-0.1, -0.05) is 6.07 Å². The maximum Gasteiger partial charge on any atom is 0.253 e. The van der Waals surface area contributed by atoms with Crippen molar-refractivity contribution in [2.45, 2.75) is 32.2 Å². The molecule has 0 bridgehead atoms. The van der Waals surface area contributed by atoms with Gasteiger partial charge in [-0.2, -0.15) is 0 Å². The highest BCUT2D eigenvalue weighted by Gasteiger charge is 2.24. The fourth-order valence-electron chi connectivity index (χ4n) is 2.84. The Bertz CT molecular complexity index is 625. The number of carbonyl (C=O) groups is 3. The zero-order valence-electron chi connectivity index (χ0n) is 14.7. The minimum atomic E-state index is -0.172. The van der Waals surface area contributed by atoms with Gasteiger partial charge >= 0.3 is 0 Å². The first-order chi connectivity index (χ1) is 12.0. The molecule has 2 rings (SSSR count). The Balaban J connectivity index is 1.87. The van der Waals surface area contributed by atoms with Gasteiger partial charge in [0.2, 0.25) is 11.8 Å². The fourth-order valence-corrected chi connectivity index (χ4v) is 2.84.